The van der Waals surface area contributed by atoms with Gasteiger partial charge in [-0.1, -0.05) is 0 Å². The number of methoxy groups -OCH3 is 2. The van der Waals surface area contributed by atoms with Crippen LogP contribution in [0.5, 0.6) is 11.5 Å². The van der Waals surface area contributed by atoms with Crippen molar-refractivity contribution in [1.82, 2.24) is 0 Å². The summed E-state index contributed by atoms with van der Waals surface area (Å²) in [6, 6.07) is 14.2. The highest BCUT2D eigenvalue weighted by Gasteiger charge is 2.13. The predicted molar refractivity (Wildman–Crippen MR) is 151 cm³/mol. The Hall–Kier alpha value is -4.46. The minimum absolute atomic E-state index is 0.176. The average molecular weight is 551 g/mol. The third-order valence-electron chi connectivity index (χ3n) is 4.94. The predicted octanol–water partition coefficient (Wildman–Crippen LogP) is 4.92. The zero-order chi connectivity index (χ0) is 29.3. The van der Waals surface area contributed by atoms with Gasteiger partial charge in [-0.3, -0.25) is 0 Å². The van der Waals surface area contributed by atoms with E-state index in [1.54, 1.807) is 36.4 Å². The van der Waals surface area contributed by atoms with Crippen molar-refractivity contribution < 1.29 is 28.8 Å². The zero-order valence-electron chi connectivity index (χ0n) is 23.6. The molecule has 0 aromatic heterocycles. The molecule has 0 aliphatic rings. The summed E-state index contributed by atoms with van der Waals surface area (Å²) in [5.41, 5.74) is 2.01. The second kappa shape index (κ2) is 17.2. The number of rotatable bonds is 16. The third kappa shape index (κ3) is 8.80. The van der Waals surface area contributed by atoms with Gasteiger partial charge >= 0.3 is 0 Å². The lowest BCUT2D eigenvalue weighted by atomic mass is 10.2. The SMILES string of the molecule is CCON(OCC)c1ccc(C=N/C(C#N)=C(/C#N)N=Cc2ccc(N(OCC)OCC)cc2OC)c(OC)c1. The zero-order valence-corrected chi connectivity index (χ0v) is 23.6. The Bertz CT molecular complexity index is 1170. The Kier molecular flexibility index (Phi) is 13.6. The Morgan fingerprint density at radius 3 is 1.30 bits per heavy atom. The monoisotopic (exact) mass is 550 g/mol. The van der Waals surface area contributed by atoms with Gasteiger partial charge in [0.05, 0.1) is 52.0 Å². The van der Waals surface area contributed by atoms with Crippen molar-refractivity contribution in [2.24, 2.45) is 9.98 Å². The molecular formula is C28H34N6O6. The van der Waals surface area contributed by atoms with Gasteiger partial charge in [0.25, 0.3) is 0 Å². The highest BCUT2D eigenvalue weighted by atomic mass is 17.0. The van der Waals surface area contributed by atoms with Crippen LogP contribution in [0.1, 0.15) is 38.8 Å². The molecule has 0 amide bonds. The number of hydrogen-bond acceptors (Lipinski definition) is 12. The van der Waals surface area contributed by atoms with E-state index in [0.717, 1.165) is 0 Å². The molecule has 0 aliphatic heterocycles. The van der Waals surface area contributed by atoms with Crippen LogP contribution in [0.25, 0.3) is 0 Å². The number of benzene rings is 2. The summed E-state index contributed by atoms with van der Waals surface area (Å²) in [6.45, 7) is 9.03. The smallest absolute Gasteiger partial charge is 0.176 e. The standard InChI is InChI=1S/C28H34N6O6/c1-7-37-33(38-8-2)23-13-11-21(27(15-23)35-5)19-31-25(17-29)26(18-30)32-20-22-12-14-24(16-28(22)36-6)34(39-9-3)40-10-4/h11-16,19-20H,7-10H2,1-6H3/b26-25-,31-19?,32-20?. The molecule has 2 rings (SSSR count). The lowest BCUT2D eigenvalue weighted by Gasteiger charge is -2.22. The molecule has 0 heterocycles. The number of aliphatic imine (C=N–C) groups is 2. The van der Waals surface area contributed by atoms with Crippen LogP contribution in [0, 0.1) is 22.7 Å². The summed E-state index contributed by atoms with van der Waals surface area (Å²) in [7, 11) is 3.02. The molecule has 0 fully saturated rings. The summed E-state index contributed by atoms with van der Waals surface area (Å²) >= 11 is 0. The summed E-state index contributed by atoms with van der Waals surface area (Å²) in [4.78, 5) is 30.3. The molecule has 0 bridgehead atoms. The fourth-order valence-corrected chi connectivity index (χ4v) is 3.24. The highest BCUT2D eigenvalue weighted by Crippen LogP contribution is 2.27. The number of nitriles is 2. The van der Waals surface area contributed by atoms with E-state index in [2.05, 4.69) is 9.98 Å². The van der Waals surface area contributed by atoms with E-state index in [1.807, 2.05) is 39.8 Å². The van der Waals surface area contributed by atoms with Crippen LogP contribution in [-0.4, -0.2) is 53.1 Å². The molecule has 0 saturated carbocycles. The Balaban J connectivity index is 2.37. The lowest BCUT2D eigenvalue weighted by molar-refractivity contribution is -0.0820. The first kappa shape index (κ1) is 31.8. The van der Waals surface area contributed by atoms with E-state index in [9.17, 15) is 10.5 Å². The highest BCUT2D eigenvalue weighted by molar-refractivity contribution is 5.87. The molecule has 12 heteroatoms. The number of hydrogen-bond donors (Lipinski definition) is 0. The Morgan fingerprint density at radius 1 is 0.675 bits per heavy atom. The molecule has 0 radical (unpaired) electrons. The van der Waals surface area contributed by atoms with Gasteiger partial charge in [0, 0.05) is 35.7 Å². The molecule has 2 aromatic rings. The number of ether oxygens (including phenoxy) is 2. The third-order valence-corrected chi connectivity index (χ3v) is 4.94. The summed E-state index contributed by atoms with van der Waals surface area (Å²) in [6.07, 6.45) is 2.84. The van der Waals surface area contributed by atoms with Crippen molar-refractivity contribution in [3.63, 3.8) is 0 Å². The largest absolute Gasteiger partial charge is 0.496 e. The summed E-state index contributed by atoms with van der Waals surface area (Å²) < 4.78 is 11.0. The molecule has 0 unspecified atom stereocenters. The van der Waals surface area contributed by atoms with Gasteiger partial charge in [0.2, 0.25) is 0 Å². The van der Waals surface area contributed by atoms with Crippen LogP contribution in [0.2, 0.25) is 0 Å². The van der Waals surface area contributed by atoms with Crippen molar-refractivity contribution in [2.45, 2.75) is 27.7 Å². The maximum atomic E-state index is 9.69. The van der Waals surface area contributed by atoms with Crippen molar-refractivity contribution in [3.8, 4) is 23.6 Å². The maximum Gasteiger partial charge on any atom is 0.176 e. The normalized spacial score (nSPS) is 11.7. The molecule has 0 N–H and O–H groups in total. The van der Waals surface area contributed by atoms with Crippen LogP contribution in [-0.2, 0) is 19.4 Å². The molecular weight excluding hydrogens is 516 g/mol. The molecule has 0 atom stereocenters. The van der Waals surface area contributed by atoms with Crippen LogP contribution < -0.4 is 19.9 Å². The molecule has 2 aromatic carbocycles. The summed E-state index contributed by atoms with van der Waals surface area (Å²) in [5, 5.41) is 22.0. The average Bonchev–Trinajstić information content (AvgIpc) is 2.98. The van der Waals surface area contributed by atoms with Gasteiger partial charge in [0.1, 0.15) is 23.6 Å². The maximum absolute atomic E-state index is 9.69. The molecule has 0 aliphatic carbocycles. The fraction of sp³-hybridized carbons (Fsp3) is 0.357. The summed E-state index contributed by atoms with van der Waals surface area (Å²) in [5.74, 6) is 0.922. The number of anilines is 2. The van der Waals surface area contributed by atoms with Gasteiger partial charge in [-0.2, -0.15) is 10.5 Å². The first-order valence-corrected chi connectivity index (χ1v) is 12.6. The van der Waals surface area contributed by atoms with Crippen LogP contribution in [0.15, 0.2) is 57.8 Å². The minimum atomic E-state index is -0.176. The fourth-order valence-electron chi connectivity index (χ4n) is 3.24. The first-order chi connectivity index (χ1) is 19.5. The van der Waals surface area contributed by atoms with Gasteiger partial charge in [-0.25, -0.2) is 29.3 Å². The van der Waals surface area contributed by atoms with E-state index in [0.29, 0.717) is 60.4 Å². The number of nitrogens with zero attached hydrogens (tertiary/aromatic N) is 6. The van der Waals surface area contributed by atoms with E-state index >= 15 is 0 Å². The van der Waals surface area contributed by atoms with E-state index in [1.165, 1.54) is 37.1 Å². The second-order valence-electron chi connectivity index (χ2n) is 7.48. The van der Waals surface area contributed by atoms with Gasteiger partial charge in [-0.15, -0.1) is 10.5 Å². The molecule has 12 nitrogen and oxygen atoms in total. The van der Waals surface area contributed by atoms with Crippen LogP contribution in [0.4, 0.5) is 11.4 Å². The van der Waals surface area contributed by atoms with Crippen LogP contribution in [0.3, 0.4) is 0 Å². The molecule has 212 valence electrons. The quantitative estimate of drug-likeness (QED) is 0.161. The Morgan fingerprint density at radius 2 is 1.02 bits per heavy atom. The minimum Gasteiger partial charge on any atom is -0.496 e. The second-order valence-corrected chi connectivity index (χ2v) is 7.48. The van der Waals surface area contributed by atoms with Crippen molar-refractivity contribution >= 4 is 23.8 Å². The molecule has 40 heavy (non-hydrogen) atoms. The van der Waals surface area contributed by atoms with Gasteiger partial charge < -0.3 is 9.47 Å². The van der Waals surface area contributed by atoms with E-state index in [-0.39, 0.29) is 11.4 Å². The first-order valence-electron chi connectivity index (χ1n) is 12.6. The van der Waals surface area contributed by atoms with E-state index in [4.69, 9.17) is 28.8 Å². The van der Waals surface area contributed by atoms with Crippen molar-refractivity contribution in [3.05, 3.63) is 58.9 Å². The molecule has 0 spiro atoms. The Labute approximate surface area is 234 Å². The number of allylic oxidation sites excluding steroid dienone is 2. The lowest BCUT2D eigenvalue weighted by Crippen LogP contribution is -2.24. The van der Waals surface area contributed by atoms with E-state index < -0.39 is 0 Å². The van der Waals surface area contributed by atoms with Crippen molar-refractivity contribution in [1.29, 1.82) is 10.5 Å². The topological polar surface area (TPSA) is 134 Å². The van der Waals surface area contributed by atoms with Gasteiger partial charge in [0.15, 0.2) is 11.4 Å². The van der Waals surface area contributed by atoms with Crippen molar-refractivity contribution in [2.75, 3.05) is 51.1 Å². The molecule has 0 saturated heterocycles. The van der Waals surface area contributed by atoms with Gasteiger partial charge in [-0.05, 0) is 52.0 Å². The van der Waals surface area contributed by atoms with Crippen LogP contribution >= 0.6 is 0 Å².